The van der Waals surface area contributed by atoms with Gasteiger partial charge in [-0.1, -0.05) is 11.6 Å². The summed E-state index contributed by atoms with van der Waals surface area (Å²) in [6.45, 7) is 2.11. The number of carbonyl (C=O) groups is 2. The van der Waals surface area contributed by atoms with Gasteiger partial charge in [-0.3, -0.25) is 19.7 Å². The largest absolute Gasteiger partial charge is 0.320 e. The topological polar surface area (TPSA) is 105 Å². The van der Waals surface area contributed by atoms with Gasteiger partial charge in [0.1, 0.15) is 5.69 Å². The zero-order valence-corrected chi connectivity index (χ0v) is 16.8. The van der Waals surface area contributed by atoms with Crippen LogP contribution in [0.5, 0.6) is 0 Å². The monoisotopic (exact) mass is 430 g/mol. The zero-order valence-electron chi connectivity index (χ0n) is 15.2. The highest BCUT2D eigenvalue weighted by Gasteiger charge is 2.36. The quantitative estimate of drug-likeness (QED) is 0.494. The van der Waals surface area contributed by atoms with Crippen LogP contribution in [0.2, 0.25) is 5.02 Å². The molecule has 0 bridgehead atoms. The number of nitro groups is 1. The van der Waals surface area contributed by atoms with E-state index in [0.717, 1.165) is 15.2 Å². The lowest BCUT2D eigenvalue weighted by Gasteiger charge is -2.16. The first-order valence-corrected chi connectivity index (χ1v) is 9.93. The Hall–Kier alpha value is -3.04. The number of anilines is 2. The number of nitrogens with one attached hydrogen (secondary N) is 1. The number of fused-ring (bicyclic) bond motifs is 1. The molecule has 0 radical (unpaired) electrons. The van der Waals surface area contributed by atoms with Crippen LogP contribution in [0.1, 0.15) is 11.4 Å². The Bertz CT molecular complexity index is 1160. The molecule has 8 nitrogen and oxygen atoms in total. The smallest absolute Gasteiger partial charge is 0.294 e. The van der Waals surface area contributed by atoms with E-state index in [0.29, 0.717) is 5.69 Å². The molecule has 1 aromatic heterocycles. The van der Waals surface area contributed by atoms with Crippen LogP contribution in [0.15, 0.2) is 36.4 Å². The van der Waals surface area contributed by atoms with Crippen LogP contribution in [0.4, 0.5) is 17.1 Å². The van der Waals surface area contributed by atoms with Gasteiger partial charge >= 0.3 is 0 Å². The Kier molecular flexibility index (Phi) is 4.93. The molecular formula is C19H15ClN4O4S. The van der Waals surface area contributed by atoms with Crippen molar-refractivity contribution < 1.29 is 14.5 Å². The second kappa shape index (κ2) is 7.41. The third kappa shape index (κ3) is 3.79. The molecule has 0 spiro atoms. The lowest BCUT2D eigenvalue weighted by Crippen LogP contribution is -2.28. The summed E-state index contributed by atoms with van der Waals surface area (Å²) in [5, 5.41) is 14.9. The Morgan fingerprint density at radius 1 is 1.34 bits per heavy atom. The molecule has 2 aromatic carbocycles. The molecule has 29 heavy (non-hydrogen) atoms. The maximum Gasteiger partial charge on any atom is 0.294 e. The predicted molar refractivity (Wildman–Crippen MR) is 112 cm³/mol. The number of nitro benzene ring substituents is 1. The third-order valence-corrected chi connectivity index (χ3v) is 5.89. The Balaban J connectivity index is 1.53. The lowest BCUT2D eigenvalue weighted by atomic mass is 10.1. The second-order valence-corrected chi connectivity index (χ2v) is 8.37. The van der Waals surface area contributed by atoms with Crippen LogP contribution in [-0.2, 0) is 9.59 Å². The normalized spacial score (nSPS) is 16.4. The van der Waals surface area contributed by atoms with Crippen molar-refractivity contribution in [2.24, 2.45) is 5.92 Å². The summed E-state index contributed by atoms with van der Waals surface area (Å²) in [7, 11) is 0. The molecule has 1 aliphatic rings. The van der Waals surface area contributed by atoms with Gasteiger partial charge in [0, 0.05) is 29.7 Å². The molecule has 1 unspecified atom stereocenters. The number of hydrogen-bond donors (Lipinski definition) is 1. The predicted octanol–water partition coefficient (Wildman–Crippen LogP) is 4.16. The highest BCUT2D eigenvalue weighted by Crippen LogP contribution is 2.32. The molecule has 0 aliphatic carbocycles. The molecule has 2 amide bonds. The third-order valence-electron chi connectivity index (χ3n) is 4.70. The van der Waals surface area contributed by atoms with Gasteiger partial charge < -0.3 is 10.2 Å². The first-order chi connectivity index (χ1) is 13.8. The fourth-order valence-corrected chi connectivity index (χ4v) is 4.30. The molecule has 1 saturated heterocycles. The Morgan fingerprint density at radius 3 is 2.90 bits per heavy atom. The minimum absolute atomic E-state index is 0.0291. The van der Waals surface area contributed by atoms with E-state index in [4.69, 9.17) is 11.6 Å². The maximum absolute atomic E-state index is 12.7. The van der Waals surface area contributed by atoms with Crippen molar-refractivity contribution in [3.8, 4) is 0 Å². The first kappa shape index (κ1) is 19.3. The van der Waals surface area contributed by atoms with Crippen LogP contribution in [0, 0.1) is 23.0 Å². The van der Waals surface area contributed by atoms with Crippen molar-refractivity contribution in [2.45, 2.75) is 13.3 Å². The summed E-state index contributed by atoms with van der Waals surface area (Å²) in [6, 6.07) is 9.59. The highest BCUT2D eigenvalue weighted by molar-refractivity contribution is 7.18. The van der Waals surface area contributed by atoms with Gasteiger partial charge in [0.05, 0.1) is 26.1 Å². The summed E-state index contributed by atoms with van der Waals surface area (Å²) < 4.78 is 1.03. The van der Waals surface area contributed by atoms with E-state index < -0.39 is 16.7 Å². The van der Waals surface area contributed by atoms with Gasteiger partial charge in [-0.2, -0.15) is 0 Å². The van der Waals surface area contributed by atoms with Gasteiger partial charge in [0.25, 0.3) is 5.69 Å². The van der Waals surface area contributed by atoms with Gasteiger partial charge in [-0.25, -0.2) is 4.98 Å². The van der Waals surface area contributed by atoms with Crippen molar-refractivity contribution in [3.05, 3.63) is 56.5 Å². The van der Waals surface area contributed by atoms with Crippen molar-refractivity contribution in [2.75, 3.05) is 16.8 Å². The minimum Gasteiger partial charge on any atom is -0.320 e. The van der Waals surface area contributed by atoms with Crippen molar-refractivity contribution in [3.63, 3.8) is 0 Å². The van der Waals surface area contributed by atoms with E-state index in [1.807, 2.05) is 25.1 Å². The van der Waals surface area contributed by atoms with Crippen molar-refractivity contribution in [1.29, 1.82) is 0 Å². The molecule has 2 heterocycles. The standard InChI is InChI=1S/C19H15ClN4O4S/c1-10-21-15-8-13(3-5-17(15)29-10)23-9-11(6-18(23)25)19(26)22-14-4-2-12(20)7-16(14)24(27)28/h2-5,7-8,11H,6,9H2,1H3,(H,22,26). The summed E-state index contributed by atoms with van der Waals surface area (Å²) in [6.07, 6.45) is 0.0291. The molecule has 4 rings (SSSR count). The highest BCUT2D eigenvalue weighted by atomic mass is 35.5. The van der Waals surface area contributed by atoms with Crippen LogP contribution >= 0.6 is 22.9 Å². The second-order valence-electron chi connectivity index (χ2n) is 6.70. The van der Waals surface area contributed by atoms with Crippen LogP contribution in [0.25, 0.3) is 10.2 Å². The number of carbonyl (C=O) groups excluding carboxylic acids is 2. The molecule has 1 fully saturated rings. The van der Waals surface area contributed by atoms with Gasteiger partial charge in [-0.15, -0.1) is 11.3 Å². The van der Waals surface area contributed by atoms with Crippen LogP contribution < -0.4 is 10.2 Å². The molecule has 1 N–H and O–H groups in total. The van der Waals surface area contributed by atoms with E-state index >= 15 is 0 Å². The number of halogens is 1. The number of thiazole rings is 1. The number of benzene rings is 2. The summed E-state index contributed by atoms with van der Waals surface area (Å²) in [5.74, 6) is -1.25. The molecular weight excluding hydrogens is 416 g/mol. The SMILES string of the molecule is Cc1nc2cc(N3CC(C(=O)Nc4ccc(Cl)cc4[N+](=O)[O-])CC3=O)ccc2s1. The van der Waals surface area contributed by atoms with Crippen LogP contribution in [-0.4, -0.2) is 28.3 Å². The fraction of sp³-hybridized carbons (Fsp3) is 0.211. The average Bonchev–Trinajstić information content (AvgIpc) is 3.24. The molecule has 1 aliphatic heterocycles. The Labute approximate surface area is 174 Å². The van der Waals surface area contributed by atoms with Crippen LogP contribution in [0.3, 0.4) is 0 Å². The molecule has 10 heteroatoms. The first-order valence-electron chi connectivity index (χ1n) is 8.74. The van der Waals surface area contributed by atoms with Crippen molar-refractivity contribution in [1.82, 2.24) is 4.98 Å². The van der Waals surface area contributed by atoms with E-state index in [1.165, 1.54) is 18.2 Å². The van der Waals surface area contributed by atoms with E-state index in [9.17, 15) is 19.7 Å². The van der Waals surface area contributed by atoms with Crippen molar-refractivity contribution >= 4 is 62.0 Å². The summed E-state index contributed by atoms with van der Waals surface area (Å²) in [5.41, 5.74) is 1.24. The zero-order chi connectivity index (χ0) is 20.7. The van der Waals surface area contributed by atoms with Gasteiger partial charge in [0.2, 0.25) is 11.8 Å². The number of aromatic nitrogens is 1. The summed E-state index contributed by atoms with van der Waals surface area (Å²) in [4.78, 5) is 41.7. The molecule has 1 atom stereocenters. The fourth-order valence-electron chi connectivity index (χ4n) is 3.33. The lowest BCUT2D eigenvalue weighted by molar-refractivity contribution is -0.383. The number of rotatable bonds is 4. The minimum atomic E-state index is -0.620. The number of nitrogens with zero attached hydrogens (tertiary/aromatic N) is 3. The Morgan fingerprint density at radius 2 is 2.14 bits per heavy atom. The average molecular weight is 431 g/mol. The molecule has 148 valence electrons. The number of aryl methyl sites for hydroxylation is 1. The van der Waals surface area contributed by atoms with Gasteiger partial charge in [0.15, 0.2) is 0 Å². The molecule has 3 aromatic rings. The van der Waals surface area contributed by atoms with E-state index in [-0.39, 0.29) is 35.3 Å². The number of hydrogen-bond acceptors (Lipinski definition) is 6. The molecule has 0 saturated carbocycles. The van der Waals surface area contributed by atoms with E-state index in [2.05, 4.69) is 10.3 Å². The summed E-state index contributed by atoms with van der Waals surface area (Å²) >= 11 is 7.37. The number of amides is 2. The van der Waals surface area contributed by atoms with Gasteiger partial charge in [-0.05, 0) is 37.3 Å². The maximum atomic E-state index is 12.7. The van der Waals surface area contributed by atoms with E-state index in [1.54, 1.807) is 16.2 Å².